The number of rotatable bonds is 9. The number of carbonyl (C=O) groups is 1. The predicted molar refractivity (Wildman–Crippen MR) is 109 cm³/mol. The smallest absolute Gasteiger partial charge is 0.210 e. The molecule has 1 aliphatic heterocycles. The van der Waals surface area contributed by atoms with Gasteiger partial charge in [-0.2, -0.15) is 0 Å². The van der Waals surface area contributed by atoms with Crippen LogP contribution in [0.15, 0.2) is 24.8 Å². The molecule has 4 heteroatoms. The number of ether oxygens (including phenoxy) is 1. The summed E-state index contributed by atoms with van der Waals surface area (Å²) < 4.78 is 5.49. The van der Waals surface area contributed by atoms with Gasteiger partial charge in [0.05, 0.1) is 13.2 Å². The second-order valence-electron chi connectivity index (χ2n) is 7.31. The zero-order chi connectivity index (χ0) is 19.1. The summed E-state index contributed by atoms with van der Waals surface area (Å²) in [7, 11) is 1.72. The van der Waals surface area contributed by atoms with E-state index in [1.54, 1.807) is 7.11 Å². The molecule has 0 spiro atoms. The minimum absolute atomic E-state index is 0.267. The predicted octanol–water partition coefficient (Wildman–Crippen LogP) is 4.48. The van der Waals surface area contributed by atoms with Crippen LogP contribution in [-0.4, -0.2) is 43.6 Å². The van der Waals surface area contributed by atoms with Crippen molar-refractivity contribution in [2.75, 3.05) is 25.1 Å². The van der Waals surface area contributed by atoms with Crippen molar-refractivity contribution in [2.24, 2.45) is 0 Å². The van der Waals surface area contributed by atoms with Gasteiger partial charge in [0.15, 0.2) is 0 Å². The molecule has 1 heterocycles. The normalized spacial score (nSPS) is 18.3. The average molecular weight is 359 g/mol. The van der Waals surface area contributed by atoms with Crippen molar-refractivity contribution in [1.29, 1.82) is 0 Å². The number of carbonyl (C=O) groups excluding carboxylic acids is 1. The lowest BCUT2D eigenvalue weighted by Crippen LogP contribution is -2.53. The molecule has 0 bridgehead atoms. The van der Waals surface area contributed by atoms with E-state index in [2.05, 4.69) is 44.4 Å². The van der Waals surface area contributed by atoms with Crippen molar-refractivity contribution in [2.45, 2.75) is 65.0 Å². The summed E-state index contributed by atoms with van der Waals surface area (Å²) in [6, 6.07) is 4.90. The molecular weight excluding hydrogens is 324 g/mol. The first-order valence-corrected chi connectivity index (χ1v) is 9.81. The van der Waals surface area contributed by atoms with Gasteiger partial charge >= 0.3 is 0 Å². The van der Waals surface area contributed by atoms with E-state index in [0.717, 1.165) is 56.5 Å². The molecule has 1 fully saturated rings. The highest BCUT2D eigenvalue weighted by molar-refractivity contribution is 5.60. The van der Waals surface area contributed by atoms with E-state index in [1.165, 1.54) is 17.7 Å². The third kappa shape index (κ3) is 4.40. The molecule has 144 valence electrons. The Morgan fingerprint density at radius 2 is 2.12 bits per heavy atom. The highest BCUT2D eigenvalue weighted by atomic mass is 16.5. The van der Waals surface area contributed by atoms with E-state index in [0.29, 0.717) is 6.04 Å². The Balaban J connectivity index is 2.45. The van der Waals surface area contributed by atoms with Gasteiger partial charge in [-0.05, 0) is 62.8 Å². The maximum absolute atomic E-state index is 11.7. The van der Waals surface area contributed by atoms with E-state index in [1.807, 2.05) is 11.0 Å². The maximum atomic E-state index is 11.7. The van der Waals surface area contributed by atoms with Crippen molar-refractivity contribution in [3.8, 4) is 5.75 Å². The van der Waals surface area contributed by atoms with Crippen LogP contribution < -0.4 is 9.64 Å². The first kappa shape index (κ1) is 20.3. The molecular formula is C22H34N2O2. The average Bonchev–Trinajstić information content (AvgIpc) is 2.66. The van der Waals surface area contributed by atoms with Crippen molar-refractivity contribution in [1.82, 2.24) is 4.90 Å². The Kier molecular flexibility index (Phi) is 7.55. The van der Waals surface area contributed by atoms with E-state index < -0.39 is 0 Å². The van der Waals surface area contributed by atoms with Crippen LogP contribution in [0, 0.1) is 13.8 Å². The van der Waals surface area contributed by atoms with Crippen LogP contribution in [0.2, 0.25) is 0 Å². The van der Waals surface area contributed by atoms with Crippen LogP contribution >= 0.6 is 0 Å². The fourth-order valence-corrected chi connectivity index (χ4v) is 4.23. The number of benzene rings is 1. The van der Waals surface area contributed by atoms with Gasteiger partial charge in [-0.1, -0.05) is 19.4 Å². The summed E-state index contributed by atoms with van der Waals surface area (Å²) >= 11 is 0. The third-order valence-electron chi connectivity index (χ3n) is 5.51. The second-order valence-corrected chi connectivity index (χ2v) is 7.31. The van der Waals surface area contributed by atoms with Gasteiger partial charge in [-0.15, -0.1) is 6.58 Å². The molecule has 0 aliphatic carbocycles. The Hall–Kier alpha value is -1.97. The standard InChI is InChI=1S/C22H34N2O2/c1-6-10-20(19-11-8-9-13-23(19)16-25)24(12-7-2)21-14-18(4)22(26-5)15-17(21)3/h7,14-16,19-20H,2,6,8-13H2,1,3-5H3. The van der Waals surface area contributed by atoms with Crippen molar-refractivity contribution in [3.63, 3.8) is 0 Å². The molecule has 1 aromatic rings. The van der Waals surface area contributed by atoms with Gasteiger partial charge in [0.2, 0.25) is 6.41 Å². The third-order valence-corrected chi connectivity index (χ3v) is 5.51. The highest BCUT2D eigenvalue weighted by Crippen LogP contribution is 2.33. The molecule has 2 atom stereocenters. The zero-order valence-electron chi connectivity index (χ0n) is 16.8. The van der Waals surface area contributed by atoms with Gasteiger partial charge in [0.1, 0.15) is 5.75 Å². The SMILES string of the molecule is C=CCN(c1cc(C)c(OC)cc1C)C(CCC)C1CCCCN1C=O. The van der Waals surface area contributed by atoms with E-state index in [9.17, 15) is 4.79 Å². The first-order chi connectivity index (χ1) is 12.6. The molecule has 1 aromatic carbocycles. The van der Waals surface area contributed by atoms with Crippen LogP contribution in [0.5, 0.6) is 5.75 Å². The van der Waals surface area contributed by atoms with E-state index in [-0.39, 0.29) is 6.04 Å². The summed E-state index contributed by atoms with van der Waals surface area (Å²) in [5.41, 5.74) is 3.55. The van der Waals surface area contributed by atoms with Crippen molar-refractivity contribution < 1.29 is 9.53 Å². The number of aryl methyl sites for hydroxylation is 2. The number of nitrogens with zero attached hydrogens (tertiary/aromatic N) is 2. The maximum Gasteiger partial charge on any atom is 0.210 e. The molecule has 2 rings (SSSR count). The first-order valence-electron chi connectivity index (χ1n) is 9.81. The van der Waals surface area contributed by atoms with Gasteiger partial charge in [-0.25, -0.2) is 0 Å². The number of methoxy groups -OCH3 is 1. The van der Waals surface area contributed by atoms with Gasteiger partial charge in [0.25, 0.3) is 0 Å². The quantitative estimate of drug-likeness (QED) is 0.482. The van der Waals surface area contributed by atoms with Crippen LogP contribution in [0.4, 0.5) is 5.69 Å². The minimum atomic E-state index is 0.267. The van der Waals surface area contributed by atoms with Crippen LogP contribution in [0.25, 0.3) is 0 Å². The molecule has 0 N–H and O–H groups in total. The number of hydrogen-bond donors (Lipinski definition) is 0. The molecule has 0 saturated carbocycles. The lowest BCUT2D eigenvalue weighted by Gasteiger charge is -2.44. The largest absolute Gasteiger partial charge is 0.496 e. The molecule has 0 aromatic heterocycles. The van der Waals surface area contributed by atoms with Crippen molar-refractivity contribution in [3.05, 3.63) is 35.9 Å². The van der Waals surface area contributed by atoms with Crippen LogP contribution in [0.1, 0.15) is 50.2 Å². The molecule has 1 amide bonds. The lowest BCUT2D eigenvalue weighted by atomic mass is 9.91. The number of hydrogen-bond acceptors (Lipinski definition) is 3. The lowest BCUT2D eigenvalue weighted by molar-refractivity contribution is -0.121. The number of likely N-dealkylation sites (tertiary alicyclic amines) is 1. The molecule has 26 heavy (non-hydrogen) atoms. The monoisotopic (exact) mass is 358 g/mol. The fourth-order valence-electron chi connectivity index (χ4n) is 4.23. The number of amides is 1. The van der Waals surface area contributed by atoms with Crippen molar-refractivity contribution >= 4 is 12.1 Å². The summed E-state index contributed by atoms with van der Waals surface area (Å²) in [6.07, 6.45) is 8.54. The van der Waals surface area contributed by atoms with E-state index >= 15 is 0 Å². The van der Waals surface area contributed by atoms with Gasteiger partial charge in [0, 0.05) is 24.8 Å². The summed E-state index contributed by atoms with van der Waals surface area (Å²) in [4.78, 5) is 16.1. The van der Waals surface area contributed by atoms with Gasteiger partial charge < -0.3 is 14.5 Å². The molecule has 1 aliphatic rings. The molecule has 0 radical (unpaired) electrons. The summed E-state index contributed by atoms with van der Waals surface area (Å²) in [5, 5.41) is 0. The minimum Gasteiger partial charge on any atom is -0.496 e. The fraction of sp³-hybridized carbons (Fsp3) is 0.591. The number of anilines is 1. The Morgan fingerprint density at radius 1 is 1.35 bits per heavy atom. The van der Waals surface area contributed by atoms with Crippen LogP contribution in [-0.2, 0) is 4.79 Å². The highest BCUT2D eigenvalue weighted by Gasteiger charge is 2.33. The van der Waals surface area contributed by atoms with Gasteiger partial charge in [-0.3, -0.25) is 4.79 Å². The topological polar surface area (TPSA) is 32.8 Å². The second kappa shape index (κ2) is 9.65. The summed E-state index contributed by atoms with van der Waals surface area (Å²) in [6.45, 7) is 12.1. The Bertz CT molecular complexity index is 614. The molecule has 1 saturated heterocycles. The Morgan fingerprint density at radius 3 is 2.73 bits per heavy atom. The Labute approximate surface area is 158 Å². The molecule has 4 nitrogen and oxygen atoms in total. The number of piperidine rings is 1. The summed E-state index contributed by atoms with van der Waals surface area (Å²) in [5.74, 6) is 0.920. The zero-order valence-corrected chi connectivity index (χ0v) is 16.8. The van der Waals surface area contributed by atoms with E-state index in [4.69, 9.17) is 4.74 Å². The molecule has 2 unspecified atom stereocenters. The van der Waals surface area contributed by atoms with Crippen LogP contribution in [0.3, 0.4) is 0 Å².